The molecule has 0 bridgehead atoms. The molecule has 3 fully saturated rings. The van der Waals surface area contributed by atoms with E-state index in [1.165, 1.54) is 38.6 Å². The van der Waals surface area contributed by atoms with E-state index in [1.807, 2.05) is 0 Å². The monoisotopic (exact) mass is 282 g/mol. The lowest BCUT2D eigenvalue weighted by Crippen LogP contribution is -2.57. The number of nitrogens with one attached hydrogen (secondary N) is 1. The lowest BCUT2D eigenvalue weighted by molar-refractivity contribution is -0.0856. The average molecular weight is 282 g/mol. The molecule has 3 saturated heterocycles. The zero-order valence-corrected chi connectivity index (χ0v) is 12.9. The van der Waals surface area contributed by atoms with Crippen LogP contribution in [-0.4, -0.2) is 62.5 Å². The first kappa shape index (κ1) is 14.8. The van der Waals surface area contributed by atoms with Gasteiger partial charge in [-0.1, -0.05) is 6.92 Å². The molecule has 0 amide bonds. The predicted molar refractivity (Wildman–Crippen MR) is 80.0 cm³/mol. The Hall–Kier alpha value is -0.160. The molecule has 116 valence electrons. The first-order valence-electron chi connectivity index (χ1n) is 8.55. The van der Waals surface area contributed by atoms with Gasteiger partial charge in [0.25, 0.3) is 0 Å². The standard InChI is InChI=1S/C16H30N2O2/c1-2-7-17-16(13-5-4-9-19-11-13)15-10-18-8-3-6-14(18)12-20-15/h13-17H,2-12H2,1H3. The molecule has 3 heterocycles. The Morgan fingerprint density at radius 1 is 1.25 bits per heavy atom. The second-order valence-electron chi connectivity index (χ2n) is 6.62. The third-order valence-electron chi connectivity index (χ3n) is 5.15. The minimum atomic E-state index is 0.350. The molecule has 4 unspecified atom stereocenters. The second-order valence-corrected chi connectivity index (χ2v) is 6.62. The Labute approximate surface area is 123 Å². The molecule has 4 atom stereocenters. The van der Waals surface area contributed by atoms with E-state index in [4.69, 9.17) is 9.47 Å². The highest BCUT2D eigenvalue weighted by Crippen LogP contribution is 2.28. The fourth-order valence-corrected chi connectivity index (χ4v) is 4.02. The zero-order chi connectivity index (χ0) is 13.8. The zero-order valence-electron chi connectivity index (χ0n) is 12.9. The van der Waals surface area contributed by atoms with Crippen LogP contribution < -0.4 is 5.32 Å². The van der Waals surface area contributed by atoms with Gasteiger partial charge in [-0.3, -0.25) is 4.90 Å². The van der Waals surface area contributed by atoms with Crippen LogP contribution in [0.15, 0.2) is 0 Å². The second kappa shape index (κ2) is 7.21. The first-order valence-corrected chi connectivity index (χ1v) is 8.55. The first-order chi connectivity index (χ1) is 9.88. The fourth-order valence-electron chi connectivity index (χ4n) is 4.02. The van der Waals surface area contributed by atoms with E-state index in [0.717, 1.165) is 32.9 Å². The van der Waals surface area contributed by atoms with Gasteiger partial charge >= 0.3 is 0 Å². The van der Waals surface area contributed by atoms with Gasteiger partial charge in [-0.05, 0) is 45.2 Å². The summed E-state index contributed by atoms with van der Waals surface area (Å²) < 4.78 is 12.0. The van der Waals surface area contributed by atoms with Crippen LogP contribution in [-0.2, 0) is 9.47 Å². The largest absolute Gasteiger partial charge is 0.381 e. The van der Waals surface area contributed by atoms with Crippen LogP contribution >= 0.6 is 0 Å². The number of rotatable bonds is 5. The summed E-state index contributed by atoms with van der Waals surface area (Å²) in [6.07, 6.45) is 6.69. The lowest BCUT2D eigenvalue weighted by atomic mass is 9.89. The molecule has 4 nitrogen and oxygen atoms in total. The number of nitrogens with zero attached hydrogens (tertiary/aromatic N) is 1. The summed E-state index contributed by atoms with van der Waals surface area (Å²) in [6, 6.07) is 1.16. The van der Waals surface area contributed by atoms with Crippen LogP contribution in [0.1, 0.15) is 39.0 Å². The van der Waals surface area contributed by atoms with Gasteiger partial charge in [0, 0.05) is 31.2 Å². The van der Waals surface area contributed by atoms with Gasteiger partial charge in [-0.2, -0.15) is 0 Å². The number of fused-ring (bicyclic) bond motifs is 1. The third-order valence-corrected chi connectivity index (χ3v) is 5.15. The Bertz CT molecular complexity index is 294. The number of morpholine rings is 1. The van der Waals surface area contributed by atoms with Gasteiger partial charge in [0.05, 0.1) is 19.3 Å². The van der Waals surface area contributed by atoms with Gasteiger partial charge < -0.3 is 14.8 Å². The Balaban J connectivity index is 1.61. The lowest BCUT2D eigenvalue weighted by Gasteiger charge is -2.42. The summed E-state index contributed by atoms with van der Waals surface area (Å²) >= 11 is 0. The highest BCUT2D eigenvalue weighted by Gasteiger charge is 2.38. The smallest absolute Gasteiger partial charge is 0.0859 e. The molecule has 1 N–H and O–H groups in total. The summed E-state index contributed by atoms with van der Waals surface area (Å²) in [5.41, 5.74) is 0. The molecule has 20 heavy (non-hydrogen) atoms. The summed E-state index contributed by atoms with van der Waals surface area (Å²) in [5.74, 6) is 0.624. The van der Waals surface area contributed by atoms with E-state index in [9.17, 15) is 0 Å². The van der Waals surface area contributed by atoms with E-state index in [0.29, 0.717) is 24.1 Å². The van der Waals surface area contributed by atoms with Gasteiger partial charge in [0.2, 0.25) is 0 Å². The Kier molecular flexibility index (Phi) is 5.32. The van der Waals surface area contributed by atoms with Crippen molar-refractivity contribution in [3.8, 4) is 0 Å². The Morgan fingerprint density at radius 2 is 2.20 bits per heavy atom. The predicted octanol–water partition coefficient (Wildman–Crippen LogP) is 1.64. The fraction of sp³-hybridized carbons (Fsp3) is 1.00. The van der Waals surface area contributed by atoms with Crippen LogP contribution in [0.4, 0.5) is 0 Å². The maximum absolute atomic E-state index is 6.24. The van der Waals surface area contributed by atoms with Crippen LogP contribution in [0, 0.1) is 5.92 Å². The van der Waals surface area contributed by atoms with Crippen molar-refractivity contribution in [2.24, 2.45) is 5.92 Å². The van der Waals surface area contributed by atoms with Crippen molar-refractivity contribution in [3.05, 3.63) is 0 Å². The SMILES string of the molecule is CCCNC(C1CCCOC1)C1CN2CCCC2CO1. The molecular formula is C16H30N2O2. The van der Waals surface area contributed by atoms with Crippen LogP contribution in [0.25, 0.3) is 0 Å². The molecule has 0 aromatic rings. The minimum Gasteiger partial charge on any atom is -0.381 e. The van der Waals surface area contributed by atoms with Crippen molar-refractivity contribution in [2.75, 3.05) is 39.5 Å². The van der Waals surface area contributed by atoms with Gasteiger partial charge in [0.1, 0.15) is 0 Å². The highest BCUT2D eigenvalue weighted by atomic mass is 16.5. The normalized spacial score (nSPS) is 36.8. The quantitative estimate of drug-likeness (QED) is 0.831. The van der Waals surface area contributed by atoms with Gasteiger partial charge in [0.15, 0.2) is 0 Å². The van der Waals surface area contributed by atoms with Gasteiger partial charge in [-0.25, -0.2) is 0 Å². The van der Waals surface area contributed by atoms with Crippen molar-refractivity contribution in [3.63, 3.8) is 0 Å². The topological polar surface area (TPSA) is 33.7 Å². The summed E-state index contributed by atoms with van der Waals surface area (Å²) in [6.45, 7) is 8.49. The van der Waals surface area contributed by atoms with Gasteiger partial charge in [-0.15, -0.1) is 0 Å². The molecule has 3 aliphatic heterocycles. The average Bonchev–Trinajstić information content (AvgIpc) is 2.96. The summed E-state index contributed by atoms with van der Waals surface area (Å²) in [5, 5.41) is 3.76. The summed E-state index contributed by atoms with van der Waals surface area (Å²) in [4.78, 5) is 2.65. The van der Waals surface area contributed by atoms with Crippen molar-refractivity contribution in [1.29, 1.82) is 0 Å². The number of ether oxygens (including phenoxy) is 2. The number of hydrogen-bond acceptors (Lipinski definition) is 4. The maximum Gasteiger partial charge on any atom is 0.0859 e. The molecular weight excluding hydrogens is 252 g/mol. The van der Waals surface area contributed by atoms with Crippen molar-refractivity contribution in [2.45, 2.75) is 57.2 Å². The maximum atomic E-state index is 6.24. The van der Waals surface area contributed by atoms with Crippen LogP contribution in [0.3, 0.4) is 0 Å². The highest BCUT2D eigenvalue weighted by molar-refractivity contribution is 4.93. The molecule has 4 heteroatoms. The molecule has 3 aliphatic rings. The molecule has 0 aliphatic carbocycles. The number of hydrogen-bond donors (Lipinski definition) is 1. The van der Waals surface area contributed by atoms with Crippen LogP contribution in [0.2, 0.25) is 0 Å². The third kappa shape index (κ3) is 3.35. The van der Waals surface area contributed by atoms with Crippen molar-refractivity contribution < 1.29 is 9.47 Å². The van der Waals surface area contributed by atoms with E-state index in [1.54, 1.807) is 0 Å². The minimum absolute atomic E-state index is 0.350. The molecule has 0 radical (unpaired) electrons. The van der Waals surface area contributed by atoms with Crippen molar-refractivity contribution in [1.82, 2.24) is 10.2 Å². The molecule has 3 rings (SSSR count). The molecule has 0 saturated carbocycles. The molecule has 0 aromatic carbocycles. The summed E-state index contributed by atoms with van der Waals surface area (Å²) in [7, 11) is 0. The van der Waals surface area contributed by atoms with E-state index < -0.39 is 0 Å². The Morgan fingerprint density at radius 3 is 3.00 bits per heavy atom. The van der Waals surface area contributed by atoms with E-state index >= 15 is 0 Å². The molecule has 0 aromatic heterocycles. The van der Waals surface area contributed by atoms with Crippen LogP contribution in [0.5, 0.6) is 0 Å². The molecule has 0 spiro atoms. The van der Waals surface area contributed by atoms with E-state index in [2.05, 4.69) is 17.1 Å². The van der Waals surface area contributed by atoms with Crippen molar-refractivity contribution >= 4 is 0 Å². The van der Waals surface area contributed by atoms with E-state index in [-0.39, 0.29) is 0 Å².